The zero-order chi connectivity index (χ0) is 15.6. The molecule has 0 aromatic carbocycles. The van der Waals surface area contributed by atoms with Crippen LogP contribution in [0.25, 0.3) is 0 Å². The van der Waals surface area contributed by atoms with Crippen LogP contribution >= 0.6 is 0 Å². The van der Waals surface area contributed by atoms with Crippen LogP contribution in [0.15, 0.2) is 0 Å². The third-order valence-electron chi connectivity index (χ3n) is 3.72. The summed E-state index contributed by atoms with van der Waals surface area (Å²) < 4.78 is 5.01. The maximum atomic E-state index is 12.0. The zero-order valence-corrected chi connectivity index (χ0v) is 12.8. The van der Waals surface area contributed by atoms with Crippen LogP contribution in [0, 0.1) is 6.92 Å². The number of hydrogen-bond acceptors (Lipinski definition) is 7. The van der Waals surface area contributed by atoms with Gasteiger partial charge in [-0.25, -0.2) is 9.78 Å². The number of hydrogen-bond donors (Lipinski definition) is 2. The number of aromatic nitrogens is 1. The minimum atomic E-state index is -0.475. The van der Waals surface area contributed by atoms with Gasteiger partial charge < -0.3 is 26.0 Å². The number of nitrogens with zero attached hydrogens (tertiary/aromatic N) is 3. The molecule has 1 aliphatic heterocycles. The number of carbonyl (C=O) groups is 1. The maximum absolute atomic E-state index is 12.0. The molecule has 2 heterocycles. The highest BCUT2D eigenvalue weighted by Gasteiger charge is 2.24. The fourth-order valence-electron chi connectivity index (χ4n) is 2.45. The first kappa shape index (κ1) is 15.4. The molecule has 116 valence electrons. The number of pyridine rings is 1. The first-order valence-corrected chi connectivity index (χ1v) is 7.11. The lowest BCUT2D eigenvalue weighted by Gasteiger charge is -2.34. The fourth-order valence-corrected chi connectivity index (χ4v) is 2.45. The first-order chi connectivity index (χ1) is 9.95. The second-order valence-electron chi connectivity index (χ2n) is 5.23. The van der Waals surface area contributed by atoms with Crippen molar-refractivity contribution in [2.45, 2.75) is 13.8 Å². The van der Waals surface area contributed by atoms with E-state index in [9.17, 15) is 4.79 Å². The molecule has 0 unspecified atom stereocenters. The van der Waals surface area contributed by atoms with Crippen molar-refractivity contribution in [3.8, 4) is 0 Å². The Balaban J connectivity index is 2.35. The van der Waals surface area contributed by atoms with Gasteiger partial charge >= 0.3 is 5.97 Å². The van der Waals surface area contributed by atoms with Crippen molar-refractivity contribution in [2.24, 2.45) is 0 Å². The summed E-state index contributed by atoms with van der Waals surface area (Å²) in [6.07, 6.45) is 0. The second kappa shape index (κ2) is 6.17. The molecule has 0 radical (unpaired) electrons. The third kappa shape index (κ3) is 3.02. The van der Waals surface area contributed by atoms with Crippen molar-refractivity contribution in [3.63, 3.8) is 0 Å². The summed E-state index contributed by atoms with van der Waals surface area (Å²) in [5, 5.41) is 0. The van der Waals surface area contributed by atoms with Crippen molar-refractivity contribution >= 4 is 23.2 Å². The van der Waals surface area contributed by atoms with Gasteiger partial charge in [-0.3, -0.25) is 0 Å². The summed E-state index contributed by atoms with van der Waals surface area (Å²) >= 11 is 0. The van der Waals surface area contributed by atoms with Crippen LogP contribution in [-0.2, 0) is 4.74 Å². The SMILES string of the molecule is CCOC(=O)c1c(C)nc(N2CCN(C)CC2)c(N)c1N. The molecule has 4 N–H and O–H groups in total. The standard InChI is InChI=1S/C14H23N5O2/c1-4-21-14(20)10-9(2)17-13(12(16)11(10)15)19-7-5-18(3)6-8-19/h4-8,16H2,1-3H3,(H2,15,17). The van der Waals surface area contributed by atoms with Crippen molar-refractivity contribution in [2.75, 3.05) is 56.2 Å². The van der Waals surface area contributed by atoms with Crippen LogP contribution < -0.4 is 16.4 Å². The largest absolute Gasteiger partial charge is 0.462 e. The third-order valence-corrected chi connectivity index (χ3v) is 3.72. The van der Waals surface area contributed by atoms with E-state index in [0.29, 0.717) is 17.2 Å². The summed E-state index contributed by atoms with van der Waals surface area (Å²) in [7, 11) is 2.08. The predicted octanol–water partition coefficient (Wildman–Crippen LogP) is 0.483. The molecule has 0 saturated carbocycles. The molecular formula is C14H23N5O2. The number of likely N-dealkylation sites (N-methyl/N-ethyl adjacent to an activating group) is 1. The Kier molecular flexibility index (Phi) is 4.52. The van der Waals surface area contributed by atoms with Crippen molar-refractivity contribution in [3.05, 3.63) is 11.3 Å². The van der Waals surface area contributed by atoms with E-state index in [0.717, 1.165) is 26.2 Å². The van der Waals surface area contributed by atoms with Gasteiger partial charge in [0, 0.05) is 26.2 Å². The van der Waals surface area contributed by atoms with E-state index in [2.05, 4.69) is 21.8 Å². The van der Waals surface area contributed by atoms with Gasteiger partial charge in [0.1, 0.15) is 5.56 Å². The zero-order valence-electron chi connectivity index (χ0n) is 12.8. The van der Waals surface area contributed by atoms with Gasteiger partial charge in [-0.15, -0.1) is 0 Å². The number of aryl methyl sites for hydroxylation is 1. The number of anilines is 3. The summed E-state index contributed by atoms with van der Waals surface area (Å²) in [6.45, 7) is 7.36. The molecule has 1 aliphatic rings. The molecule has 1 aromatic rings. The first-order valence-electron chi connectivity index (χ1n) is 7.11. The molecule has 0 spiro atoms. The number of nitrogens with two attached hydrogens (primary N) is 2. The molecule has 1 aromatic heterocycles. The molecule has 0 amide bonds. The van der Waals surface area contributed by atoms with Gasteiger partial charge in [0.2, 0.25) is 0 Å². The molecule has 21 heavy (non-hydrogen) atoms. The topological polar surface area (TPSA) is 97.7 Å². The Labute approximate surface area is 124 Å². The van der Waals surface area contributed by atoms with Crippen LogP contribution in [0.4, 0.5) is 17.2 Å². The fraction of sp³-hybridized carbons (Fsp3) is 0.571. The number of ether oxygens (including phenoxy) is 1. The van der Waals surface area contributed by atoms with E-state index in [1.54, 1.807) is 13.8 Å². The molecule has 0 bridgehead atoms. The Morgan fingerprint density at radius 2 is 1.86 bits per heavy atom. The van der Waals surface area contributed by atoms with Gasteiger partial charge in [-0.1, -0.05) is 0 Å². The van der Waals surface area contributed by atoms with Gasteiger partial charge in [0.25, 0.3) is 0 Å². The summed E-state index contributed by atoms with van der Waals surface area (Å²) in [5.41, 5.74) is 13.6. The van der Waals surface area contributed by atoms with E-state index in [1.165, 1.54) is 0 Å². The van der Waals surface area contributed by atoms with Crippen LogP contribution in [-0.4, -0.2) is 55.7 Å². The molecule has 7 nitrogen and oxygen atoms in total. The van der Waals surface area contributed by atoms with Crippen LogP contribution in [0.5, 0.6) is 0 Å². The summed E-state index contributed by atoms with van der Waals surface area (Å²) in [5.74, 6) is 0.183. The van der Waals surface area contributed by atoms with Gasteiger partial charge in [0.05, 0.1) is 23.7 Å². The lowest BCUT2D eigenvalue weighted by Crippen LogP contribution is -2.45. The average Bonchev–Trinajstić information content (AvgIpc) is 2.44. The molecule has 7 heteroatoms. The average molecular weight is 293 g/mol. The van der Waals surface area contributed by atoms with Crippen LogP contribution in [0.2, 0.25) is 0 Å². The molecule has 0 atom stereocenters. The lowest BCUT2D eigenvalue weighted by atomic mass is 10.1. The van der Waals surface area contributed by atoms with E-state index < -0.39 is 5.97 Å². The normalized spacial score (nSPS) is 16.0. The smallest absolute Gasteiger partial charge is 0.342 e. The minimum Gasteiger partial charge on any atom is -0.462 e. The quantitative estimate of drug-likeness (QED) is 0.782. The van der Waals surface area contributed by atoms with Crippen molar-refractivity contribution in [1.29, 1.82) is 0 Å². The Hall–Kier alpha value is -2.02. The van der Waals surface area contributed by atoms with E-state index in [-0.39, 0.29) is 17.9 Å². The van der Waals surface area contributed by atoms with Crippen LogP contribution in [0.3, 0.4) is 0 Å². The number of nitrogen functional groups attached to an aromatic ring is 2. The van der Waals surface area contributed by atoms with E-state index in [4.69, 9.17) is 16.2 Å². The van der Waals surface area contributed by atoms with Gasteiger partial charge in [-0.2, -0.15) is 0 Å². The summed E-state index contributed by atoms with van der Waals surface area (Å²) in [6, 6.07) is 0. The minimum absolute atomic E-state index is 0.259. The monoisotopic (exact) mass is 293 g/mol. The lowest BCUT2D eigenvalue weighted by molar-refractivity contribution is 0.0526. The molecule has 1 fully saturated rings. The highest BCUT2D eigenvalue weighted by molar-refractivity contribution is 6.01. The predicted molar refractivity (Wildman–Crippen MR) is 83.5 cm³/mol. The highest BCUT2D eigenvalue weighted by Crippen LogP contribution is 2.32. The van der Waals surface area contributed by atoms with Gasteiger partial charge in [-0.05, 0) is 20.9 Å². The molecule has 2 rings (SSSR count). The van der Waals surface area contributed by atoms with Crippen molar-refractivity contribution in [1.82, 2.24) is 9.88 Å². The van der Waals surface area contributed by atoms with Crippen LogP contribution in [0.1, 0.15) is 23.0 Å². The van der Waals surface area contributed by atoms with E-state index in [1.807, 2.05) is 0 Å². The Bertz CT molecular complexity index is 539. The number of carbonyl (C=O) groups excluding carboxylic acids is 1. The molecule has 1 saturated heterocycles. The van der Waals surface area contributed by atoms with Gasteiger partial charge in [0.15, 0.2) is 5.82 Å². The van der Waals surface area contributed by atoms with Crippen molar-refractivity contribution < 1.29 is 9.53 Å². The number of rotatable bonds is 3. The number of piperazine rings is 1. The van der Waals surface area contributed by atoms with E-state index >= 15 is 0 Å². The Morgan fingerprint density at radius 1 is 1.24 bits per heavy atom. The number of esters is 1. The highest BCUT2D eigenvalue weighted by atomic mass is 16.5. The Morgan fingerprint density at radius 3 is 2.43 bits per heavy atom. The maximum Gasteiger partial charge on any atom is 0.342 e. The molecule has 0 aliphatic carbocycles. The molecular weight excluding hydrogens is 270 g/mol. The second-order valence-corrected chi connectivity index (χ2v) is 5.23. The summed E-state index contributed by atoms with van der Waals surface area (Å²) in [4.78, 5) is 20.8.